The Morgan fingerprint density at radius 2 is 2.14 bits per heavy atom. The summed E-state index contributed by atoms with van der Waals surface area (Å²) in [5.41, 5.74) is 2.10. The number of benzene rings is 1. The van der Waals surface area contributed by atoms with Gasteiger partial charge in [-0.1, -0.05) is 17.7 Å². The molecule has 0 aliphatic carbocycles. The fraction of sp³-hybridized carbons (Fsp3) is 0.133. The first-order valence-electron chi connectivity index (χ1n) is 6.45. The fourth-order valence-electron chi connectivity index (χ4n) is 2.17. The third-order valence-electron chi connectivity index (χ3n) is 3.20. The van der Waals surface area contributed by atoms with Crippen LogP contribution in [0.15, 0.2) is 42.6 Å². The van der Waals surface area contributed by atoms with Crippen molar-refractivity contribution in [3.8, 4) is 6.07 Å². The summed E-state index contributed by atoms with van der Waals surface area (Å²) >= 11 is 6.04. The molecular formula is C15H12ClN5. The number of aromatic nitrogens is 3. The van der Waals surface area contributed by atoms with Crippen molar-refractivity contribution >= 4 is 22.9 Å². The van der Waals surface area contributed by atoms with Gasteiger partial charge in [-0.2, -0.15) is 5.26 Å². The summed E-state index contributed by atoms with van der Waals surface area (Å²) in [6, 6.07) is 13.0. The Morgan fingerprint density at radius 3 is 2.90 bits per heavy atom. The highest BCUT2D eigenvalue weighted by atomic mass is 35.5. The maximum atomic E-state index is 8.88. The molecule has 0 radical (unpaired) electrons. The minimum atomic E-state index is -0.0496. The first-order valence-corrected chi connectivity index (χ1v) is 6.82. The molecule has 6 heteroatoms. The molecule has 0 amide bonds. The van der Waals surface area contributed by atoms with Gasteiger partial charge in [0.25, 0.3) is 0 Å². The van der Waals surface area contributed by atoms with E-state index in [0.717, 1.165) is 17.2 Å². The predicted octanol–water partition coefficient (Wildman–Crippen LogP) is 3.43. The van der Waals surface area contributed by atoms with Crippen molar-refractivity contribution in [3.05, 3.63) is 59.0 Å². The summed E-state index contributed by atoms with van der Waals surface area (Å²) in [6.07, 6.45) is 1.93. The highest BCUT2D eigenvalue weighted by Gasteiger charge is 2.13. The van der Waals surface area contributed by atoms with E-state index in [0.29, 0.717) is 10.6 Å². The molecule has 0 saturated heterocycles. The topological polar surface area (TPSA) is 66.0 Å². The zero-order chi connectivity index (χ0) is 14.8. The van der Waals surface area contributed by atoms with Gasteiger partial charge in [0.05, 0.1) is 16.6 Å². The summed E-state index contributed by atoms with van der Waals surface area (Å²) in [6.45, 7) is 2.00. The Balaban J connectivity index is 1.88. The van der Waals surface area contributed by atoms with E-state index in [1.165, 1.54) is 0 Å². The molecule has 3 aromatic rings. The van der Waals surface area contributed by atoms with Crippen molar-refractivity contribution in [2.45, 2.75) is 13.0 Å². The van der Waals surface area contributed by atoms with Crippen LogP contribution in [-0.4, -0.2) is 14.6 Å². The van der Waals surface area contributed by atoms with Crippen LogP contribution in [-0.2, 0) is 0 Å². The molecule has 0 aliphatic rings. The van der Waals surface area contributed by atoms with Crippen molar-refractivity contribution in [1.82, 2.24) is 14.6 Å². The van der Waals surface area contributed by atoms with Crippen LogP contribution in [0.25, 0.3) is 5.65 Å². The van der Waals surface area contributed by atoms with Gasteiger partial charge in [0, 0.05) is 11.9 Å². The highest BCUT2D eigenvalue weighted by Crippen LogP contribution is 2.23. The maximum Gasteiger partial charge on any atom is 0.160 e. The minimum Gasteiger partial charge on any atom is -0.375 e. The molecule has 0 aliphatic heterocycles. The van der Waals surface area contributed by atoms with Gasteiger partial charge in [-0.05, 0) is 37.3 Å². The van der Waals surface area contributed by atoms with E-state index in [2.05, 4.69) is 15.5 Å². The van der Waals surface area contributed by atoms with Gasteiger partial charge in [-0.3, -0.25) is 4.40 Å². The molecule has 1 atom stereocenters. The highest BCUT2D eigenvalue weighted by molar-refractivity contribution is 6.32. The molecule has 104 valence electrons. The van der Waals surface area contributed by atoms with Gasteiger partial charge in [0.1, 0.15) is 6.07 Å². The lowest BCUT2D eigenvalue weighted by Crippen LogP contribution is -2.10. The second-order valence-electron chi connectivity index (χ2n) is 4.66. The molecule has 1 aromatic carbocycles. The zero-order valence-electron chi connectivity index (χ0n) is 11.3. The molecule has 0 unspecified atom stereocenters. The Labute approximate surface area is 126 Å². The van der Waals surface area contributed by atoms with E-state index < -0.39 is 0 Å². The van der Waals surface area contributed by atoms with Crippen molar-refractivity contribution in [2.24, 2.45) is 0 Å². The molecule has 1 N–H and O–H groups in total. The third kappa shape index (κ3) is 2.54. The van der Waals surface area contributed by atoms with Crippen molar-refractivity contribution in [1.29, 1.82) is 5.26 Å². The van der Waals surface area contributed by atoms with Crippen LogP contribution in [0.5, 0.6) is 0 Å². The van der Waals surface area contributed by atoms with Gasteiger partial charge in [-0.25, -0.2) is 0 Å². The normalized spacial score (nSPS) is 12.0. The number of nitrogens with zero attached hydrogens (tertiary/aromatic N) is 4. The number of nitriles is 1. The van der Waals surface area contributed by atoms with Gasteiger partial charge >= 0.3 is 0 Å². The van der Waals surface area contributed by atoms with E-state index in [9.17, 15) is 0 Å². The molecule has 5 nitrogen and oxygen atoms in total. The molecule has 0 fully saturated rings. The number of fused-ring (bicyclic) bond motifs is 1. The summed E-state index contributed by atoms with van der Waals surface area (Å²) in [5, 5.41) is 21.0. The second-order valence-corrected chi connectivity index (χ2v) is 5.07. The van der Waals surface area contributed by atoms with Gasteiger partial charge in [-0.15, -0.1) is 10.2 Å². The summed E-state index contributed by atoms with van der Waals surface area (Å²) in [4.78, 5) is 0. The van der Waals surface area contributed by atoms with Crippen LogP contribution in [0, 0.1) is 11.3 Å². The molecule has 2 aromatic heterocycles. The number of hydrogen-bond donors (Lipinski definition) is 1. The number of hydrogen-bond acceptors (Lipinski definition) is 4. The molecule has 0 bridgehead atoms. The molecular weight excluding hydrogens is 286 g/mol. The van der Waals surface area contributed by atoms with Crippen LogP contribution in [0.1, 0.15) is 24.4 Å². The van der Waals surface area contributed by atoms with Gasteiger partial charge < -0.3 is 5.32 Å². The van der Waals surface area contributed by atoms with Crippen molar-refractivity contribution in [3.63, 3.8) is 0 Å². The number of pyridine rings is 1. The second kappa shape index (κ2) is 5.43. The van der Waals surface area contributed by atoms with Crippen LogP contribution < -0.4 is 5.32 Å². The third-order valence-corrected chi connectivity index (χ3v) is 3.51. The fourth-order valence-corrected chi connectivity index (χ4v) is 2.39. The van der Waals surface area contributed by atoms with Gasteiger partial charge in [0.15, 0.2) is 11.5 Å². The van der Waals surface area contributed by atoms with E-state index in [4.69, 9.17) is 16.9 Å². The number of halogens is 1. The van der Waals surface area contributed by atoms with Crippen LogP contribution in [0.4, 0.5) is 5.69 Å². The van der Waals surface area contributed by atoms with E-state index in [1.54, 1.807) is 12.1 Å². The molecule has 2 heterocycles. The van der Waals surface area contributed by atoms with Crippen LogP contribution in [0.3, 0.4) is 0 Å². The van der Waals surface area contributed by atoms with E-state index >= 15 is 0 Å². The lowest BCUT2D eigenvalue weighted by Gasteiger charge is -2.14. The zero-order valence-corrected chi connectivity index (χ0v) is 12.0. The Kier molecular flexibility index (Phi) is 3.46. The number of rotatable bonds is 3. The number of nitrogens with one attached hydrogen (secondary N) is 1. The van der Waals surface area contributed by atoms with Crippen LogP contribution in [0.2, 0.25) is 5.02 Å². The molecule has 21 heavy (non-hydrogen) atoms. The van der Waals surface area contributed by atoms with Crippen LogP contribution >= 0.6 is 11.6 Å². The largest absolute Gasteiger partial charge is 0.375 e. The standard InChI is InChI=1S/C15H12ClN5/c1-10(15-20-19-14-4-2-3-7-21(14)15)18-12-6-5-11(9-17)13(16)8-12/h2-8,10,18H,1H3/t10-/m0/s1. The number of anilines is 1. The average molecular weight is 298 g/mol. The molecule has 0 saturated carbocycles. The lowest BCUT2D eigenvalue weighted by molar-refractivity contribution is 0.773. The summed E-state index contributed by atoms with van der Waals surface area (Å²) in [7, 11) is 0. The average Bonchev–Trinajstić information content (AvgIpc) is 2.91. The maximum absolute atomic E-state index is 8.88. The Hall–Kier alpha value is -2.58. The monoisotopic (exact) mass is 297 g/mol. The predicted molar refractivity (Wildman–Crippen MR) is 81.2 cm³/mol. The van der Waals surface area contributed by atoms with Crippen molar-refractivity contribution < 1.29 is 0 Å². The Bertz CT molecular complexity index is 833. The van der Waals surface area contributed by atoms with Crippen molar-refractivity contribution in [2.75, 3.05) is 5.32 Å². The minimum absolute atomic E-state index is 0.0496. The quantitative estimate of drug-likeness (QED) is 0.804. The summed E-state index contributed by atoms with van der Waals surface area (Å²) in [5.74, 6) is 0.811. The summed E-state index contributed by atoms with van der Waals surface area (Å²) < 4.78 is 1.93. The first kappa shape index (κ1) is 13.4. The molecule has 3 rings (SSSR count). The lowest BCUT2D eigenvalue weighted by atomic mass is 10.2. The van der Waals surface area contributed by atoms with E-state index in [-0.39, 0.29) is 6.04 Å². The smallest absolute Gasteiger partial charge is 0.160 e. The first-order chi connectivity index (χ1) is 10.2. The Morgan fingerprint density at radius 1 is 1.29 bits per heavy atom. The van der Waals surface area contributed by atoms with Gasteiger partial charge in [0.2, 0.25) is 0 Å². The molecule has 0 spiro atoms. The SMILES string of the molecule is C[C@H](Nc1ccc(C#N)c(Cl)c1)c1nnc2ccccn12. The van der Waals surface area contributed by atoms with E-state index in [1.807, 2.05) is 47.9 Å².